The fraction of sp³-hybridized carbons (Fsp3) is 0.500. The van der Waals surface area contributed by atoms with Crippen LogP contribution in [0.15, 0.2) is 18.5 Å². The van der Waals surface area contributed by atoms with Crippen LogP contribution in [0.25, 0.3) is 0 Å². The molecule has 0 spiro atoms. The van der Waals surface area contributed by atoms with Crippen molar-refractivity contribution in [1.29, 1.82) is 0 Å². The molecule has 1 saturated heterocycles. The molecule has 6 heteroatoms. The van der Waals surface area contributed by atoms with Gasteiger partial charge in [0, 0.05) is 19.3 Å². The van der Waals surface area contributed by atoms with Gasteiger partial charge in [-0.3, -0.25) is 9.78 Å². The Morgan fingerprint density at radius 1 is 1.56 bits per heavy atom. The molecule has 1 aromatic heterocycles. The molecule has 1 atom stereocenters. The van der Waals surface area contributed by atoms with Gasteiger partial charge in [-0.05, 0) is 13.0 Å². The minimum absolute atomic E-state index is 0.0644. The molecule has 2 heterocycles. The van der Waals surface area contributed by atoms with E-state index in [1.165, 1.54) is 0 Å². The van der Waals surface area contributed by atoms with Gasteiger partial charge in [0.1, 0.15) is 6.04 Å². The number of amides is 1. The van der Waals surface area contributed by atoms with Crippen LogP contribution < -0.4 is 11.1 Å². The highest BCUT2D eigenvalue weighted by atomic mass is 16.5. The van der Waals surface area contributed by atoms with Crippen LogP contribution in [0, 0.1) is 0 Å². The number of nitrogens with two attached hydrogens (primary N) is 1. The average molecular weight is 250 g/mol. The van der Waals surface area contributed by atoms with Gasteiger partial charge >= 0.3 is 0 Å². The molecule has 18 heavy (non-hydrogen) atoms. The van der Waals surface area contributed by atoms with Crippen molar-refractivity contribution in [3.8, 4) is 0 Å². The van der Waals surface area contributed by atoms with Gasteiger partial charge in [0.2, 0.25) is 5.91 Å². The topological polar surface area (TPSA) is 80.5 Å². The predicted molar refractivity (Wildman–Crippen MR) is 69.1 cm³/mol. The van der Waals surface area contributed by atoms with Crippen LogP contribution in [0.5, 0.6) is 0 Å². The first-order valence-corrected chi connectivity index (χ1v) is 6.01. The fourth-order valence-electron chi connectivity index (χ4n) is 1.89. The molecule has 0 aliphatic carbocycles. The number of aromatic nitrogens is 1. The number of nitrogen functional groups attached to an aromatic ring is 1. The first-order valence-electron chi connectivity index (χ1n) is 6.01. The molecule has 1 fully saturated rings. The summed E-state index contributed by atoms with van der Waals surface area (Å²) < 4.78 is 5.22. The van der Waals surface area contributed by atoms with Gasteiger partial charge in [0.25, 0.3) is 0 Å². The number of ether oxygens (including phenoxy) is 1. The van der Waals surface area contributed by atoms with E-state index in [1.54, 1.807) is 23.4 Å². The Hall–Kier alpha value is -1.82. The molecule has 1 aromatic rings. The van der Waals surface area contributed by atoms with E-state index in [1.807, 2.05) is 6.92 Å². The summed E-state index contributed by atoms with van der Waals surface area (Å²) in [5, 5.41) is 3.11. The molecule has 0 saturated carbocycles. The summed E-state index contributed by atoms with van der Waals surface area (Å²) in [4.78, 5) is 17.9. The van der Waals surface area contributed by atoms with E-state index in [-0.39, 0.29) is 11.9 Å². The number of nitrogens with zero attached hydrogens (tertiary/aromatic N) is 2. The third-order valence-corrected chi connectivity index (χ3v) is 2.92. The Morgan fingerprint density at radius 2 is 2.28 bits per heavy atom. The van der Waals surface area contributed by atoms with Crippen molar-refractivity contribution in [3.63, 3.8) is 0 Å². The lowest BCUT2D eigenvalue weighted by molar-refractivity contribution is -0.135. The van der Waals surface area contributed by atoms with Crippen molar-refractivity contribution < 1.29 is 9.53 Å². The molecule has 98 valence electrons. The quantitative estimate of drug-likeness (QED) is 0.807. The van der Waals surface area contributed by atoms with Crippen molar-refractivity contribution in [2.24, 2.45) is 0 Å². The van der Waals surface area contributed by atoms with Gasteiger partial charge in [-0.1, -0.05) is 0 Å². The van der Waals surface area contributed by atoms with Crippen LogP contribution >= 0.6 is 0 Å². The summed E-state index contributed by atoms with van der Waals surface area (Å²) >= 11 is 0. The maximum absolute atomic E-state index is 12.2. The third-order valence-electron chi connectivity index (χ3n) is 2.92. The van der Waals surface area contributed by atoms with Crippen molar-refractivity contribution in [3.05, 3.63) is 18.5 Å². The molecule has 1 unspecified atom stereocenters. The largest absolute Gasteiger partial charge is 0.396 e. The highest BCUT2D eigenvalue weighted by molar-refractivity contribution is 5.85. The minimum atomic E-state index is -0.312. The van der Waals surface area contributed by atoms with Gasteiger partial charge in [-0.25, -0.2) is 0 Å². The Kier molecular flexibility index (Phi) is 3.99. The number of hydrogen-bond donors (Lipinski definition) is 2. The van der Waals surface area contributed by atoms with E-state index < -0.39 is 0 Å². The number of carbonyl (C=O) groups is 1. The van der Waals surface area contributed by atoms with E-state index in [4.69, 9.17) is 10.5 Å². The highest BCUT2D eigenvalue weighted by Gasteiger charge is 2.22. The summed E-state index contributed by atoms with van der Waals surface area (Å²) in [7, 11) is 0. The van der Waals surface area contributed by atoms with Crippen LogP contribution in [-0.2, 0) is 9.53 Å². The number of rotatable bonds is 3. The predicted octanol–water partition coefficient (Wildman–Crippen LogP) is 0.323. The fourth-order valence-corrected chi connectivity index (χ4v) is 1.89. The molecule has 0 radical (unpaired) electrons. The zero-order chi connectivity index (χ0) is 13.0. The second-order valence-corrected chi connectivity index (χ2v) is 4.27. The lowest BCUT2D eigenvalue weighted by atomic mass is 10.2. The Balaban J connectivity index is 1.96. The zero-order valence-corrected chi connectivity index (χ0v) is 10.4. The van der Waals surface area contributed by atoms with Crippen LogP contribution in [0.4, 0.5) is 11.4 Å². The summed E-state index contributed by atoms with van der Waals surface area (Å²) in [5.74, 6) is 0.0644. The lowest BCUT2D eigenvalue weighted by Crippen LogP contribution is -2.47. The molecular weight excluding hydrogens is 232 g/mol. The van der Waals surface area contributed by atoms with E-state index in [9.17, 15) is 4.79 Å². The smallest absolute Gasteiger partial charge is 0.244 e. The Morgan fingerprint density at radius 3 is 2.94 bits per heavy atom. The Labute approximate surface area is 106 Å². The molecular formula is C12H18N4O2. The number of pyridine rings is 1. The molecule has 1 amide bonds. The highest BCUT2D eigenvalue weighted by Crippen LogP contribution is 2.17. The number of nitrogens with one attached hydrogen (secondary N) is 1. The third kappa shape index (κ3) is 2.89. The van der Waals surface area contributed by atoms with Gasteiger partial charge < -0.3 is 20.7 Å². The summed E-state index contributed by atoms with van der Waals surface area (Å²) in [6.45, 7) is 4.34. The van der Waals surface area contributed by atoms with E-state index in [2.05, 4.69) is 10.3 Å². The van der Waals surface area contributed by atoms with Gasteiger partial charge in [0.15, 0.2) is 0 Å². The summed E-state index contributed by atoms with van der Waals surface area (Å²) in [5.41, 5.74) is 7.05. The van der Waals surface area contributed by atoms with Crippen LogP contribution in [0.1, 0.15) is 6.92 Å². The zero-order valence-electron chi connectivity index (χ0n) is 10.4. The van der Waals surface area contributed by atoms with Gasteiger partial charge in [0.05, 0.1) is 30.8 Å². The average Bonchev–Trinajstić information content (AvgIpc) is 2.41. The summed E-state index contributed by atoms with van der Waals surface area (Å²) in [6.07, 6.45) is 3.21. The maximum Gasteiger partial charge on any atom is 0.244 e. The monoisotopic (exact) mass is 250 g/mol. The second-order valence-electron chi connectivity index (χ2n) is 4.27. The number of hydrogen-bond acceptors (Lipinski definition) is 5. The molecule has 3 N–H and O–H groups in total. The SMILES string of the molecule is CC(Nc1ccncc1N)C(=O)N1CCOCC1. The van der Waals surface area contributed by atoms with Crippen LogP contribution in [-0.4, -0.2) is 48.1 Å². The Bertz CT molecular complexity index is 418. The van der Waals surface area contributed by atoms with Crippen molar-refractivity contribution in [1.82, 2.24) is 9.88 Å². The lowest BCUT2D eigenvalue weighted by Gasteiger charge is -2.29. The first kappa shape index (κ1) is 12.6. The molecule has 2 rings (SSSR count). The van der Waals surface area contributed by atoms with E-state index in [0.717, 1.165) is 5.69 Å². The van der Waals surface area contributed by atoms with Crippen LogP contribution in [0.3, 0.4) is 0 Å². The molecule has 1 aliphatic heterocycles. The maximum atomic E-state index is 12.2. The molecule has 1 aliphatic rings. The van der Waals surface area contributed by atoms with Crippen LogP contribution in [0.2, 0.25) is 0 Å². The molecule has 0 bridgehead atoms. The number of morpholine rings is 1. The van der Waals surface area contributed by atoms with Gasteiger partial charge in [-0.15, -0.1) is 0 Å². The molecule has 0 aromatic carbocycles. The minimum Gasteiger partial charge on any atom is -0.396 e. The number of anilines is 2. The number of carbonyl (C=O) groups excluding carboxylic acids is 1. The van der Waals surface area contributed by atoms with Crippen molar-refractivity contribution in [2.75, 3.05) is 37.4 Å². The van der Waals surface area contributed by atoms with E-state index >= 15 is 0 Å². The van der Waals surface area contributed by atoms with Gasteiger partial charge in [-0.2, -0.15) is 0 Å². The normalized spacial score (nSPS) is 17.3. The standard InChI is InChI=1S/C12H18N4O2/c1-9(12(17)16-4-6-18-7-5-16)15-11-2-3-14-8-10(11)13/h2-3,8-9H,4-7,13H2,1H3,(H,14,15). The van der Waals surface area contributed by atoms with Crippen molar-refractivity contribution >= 4 is 17.3 Å². The summed E-state index contributed by atoms with van der Waals surface area (Å²) in [6, 6.07) is 1.45. The molecule has 6 nitrogen and oxygen atoms in total. The first-order chi connectivity index (χ1) is 8.68. The van der Waals surface area contributed by atoms with E-state index in [0.29, 0.717) is 32.0 Å². The van der Waals surface area contributed by atoms with Crippen molar-refractivity contribution in [2.45, 2.75) is 13.0 Å². The second kappa shape index (κ2) is 5.68.